The van der Waals surface area contributed by atoms with Crippen molar-refractivity contribution < 1.29 is 9.53 Å². The molecular formula is C22H24N4O2S. The average Bonchev–Trinajstić information content (AvgIpc) is 3.43. The number of benzene rings is 2. The van der Waals surface area contributed by atoms with E-state index in [0.717, 1.165) is 48.8 Å². The second kappa shape index (κ2) is 9.13. The summed E-state index contributed by atoms with van der Waals surface area (Å²) in [6, 6.07) is 18.0. The molecule has 4 rings (SSSR count). The number of hydrogen-bond donors (Lipinski definition) is 0. The Morgan fingerprint density at radius 2 is 1.76 bits per heavy atom. The minimum Gasteiger partial charge on any atom is -0.495 e. The van der Waals surface area contributed by atoms with Gasteiger partial charge in [0.1, 0.15) is 11.6 Å². The molecule has 1 fully saturated rings. The number of ether oxygens (including phenoxy) is 1. The van der Waals surface area contributed by atoms with E-state index in [1.54, 1.807) is 7.11 Å². The number of para-hydroxylation sites is 2. The van der Waals surface area contributed by atoms with E-state index in [0.29, 0.717) is 17.3 Å². The number of methoxy groups -OCH3 is 1. The van der Waals surface area contributed by atoms with Gasteiger partial charge in [-0.3, -0.25) is 9.36 Å². The van der Waals surface area contributed by atoms with Gasteiger partial charge in [0, 0.05) is 19.5 Å². The third-order valence-electron chi connectivity index (χ3n) is 5.02. The van der Waals surface area contributed by atoms with Crippen molar-refractivity contribution in [1.29, 1.82) is 0 Å². The third kappa shape index (κ3) is 4.45. The Morgan fingerprint density at radius 1 is 1.03 bits per heavy atom. The van der Waals surface area contributed by atoms with Gasteiger partial charge in [-0.2, -0.15) is 0 Å². The van der Waals surface area contributed by atoms with Crippen LogP contribution in [-0.4, -0.2) is 51.5 Å². The SMILES string of the molecule is COc1ccccc1-n1c(Cc2ccccc2)nnc1SCC(=O)N1CCCC1. The minimum atomic E-state index is 0.159. The lowest BCUT2D eigenvalue weighted by Crippen LogP contribution is -2.29. The second-order valence-electron chi connectivity index (χ2n) is 6.95. The van der Waals surface area contributed by atoms with Gasteiger partial charge in [0.2, 0.25) is 5.91 Å². The summed E-state index contributed by atoms with van der Waals surface area (Å²) in [6.45, 7) is 1.72. The highest BCUT2D eigenvalue weighted by Gasteiger charge is 2.22. The molecule has 0 radical (unpaired) electrons. The Bertz CT molecular complexity index is 968. The van der Waals surface area contributed by atoms with E-state index in [9.17, 15) is 4.79 Å². The molecule has 29 heavy (non-hydrogen) atoms. The van der Waals surface area contributed by atoms with Gasteiger partial charge in [-0.05, 0) is 30.5 Å². The van der Waals surface area contributed by atoms with Crippen LogP contribution in [0.25, 0.3) is 5.69 Å². The van der Waals surface area contributed by atoms with Gasteiger partial charge >= 0.3 is 0 Å². The first-order valence-corrected chi connectivity index (χ1v) is 10.8. The number of nitrogens with zero attached hydrogens (tertiary/aromatic N) is 4. The highest BCUT2D eigenvalue weighted by Crippen LogP contribution is 2.29. The molecule has 1 amide bonds. The van der Waals surface area contributed by atoms with E-state index < -0.39 is 0 Å². The highest BCUT2D eigenvalue weighted by molar-refractivity contribution is 7.99. The largest absolute Gasteiger partial charge is 0.495 e. The minimum absolute atomic E-state index is 0.159. The van der Waals surface area contributed by atoms with Crippen LogP contribution in [0, 0.1) is 0 Å². The normalized spacial score (nSPS) is 13.6. The van der Waals surface area contributed by atoms with Crippen molar-refractivity contribution in [3.8, 4) is 11.4 Å². The second-order valence-corrected chi connectivity index (χ2v) is 7.89. The molecule has 2 heterocycles. The Labute approximate surface area is 174 Å². The fourth-order valence-electron chi connectivity index (χ4n) is 3.53. The van der Waals surface area contributed by atoms with Crippen LogP contribution in [0.5, 0.6) is 5.75 Å². The summed E-state index contributed by atoms with van der Waals surface area (Å²) in [6.07, 6.45) is 2.83. The zero-order valence-corrected chi connectivity index (χ0v) is 17.3. The average molecular weight is 409 g/mol. The number of aromatic nitrogens is 3. The van der Waals surface area contributed by atoms with Crippen LogP contribution in [0.3, 0.4) is 0 Å². The van der Waals surface area contributed by atoms with Crippen molar-refractivity contribution in [1.82, 2.24) is 19.7 Å². The molecule has 0 atom stereocenters. The van der Waals surface area contributed by atoms with E-state index in [4.69, 9.17) is 4.74 Å². The molecule has 6 nitrogen and oxygen atoms in total. The molecule has 2 aromatic carbocycles. The summed E-state index contributed by atoms with van der Waals surface area (Å²) in [5, 5.41) is 9.56. The Morgan fingerprint density at radius 3 is 2.52 bits per heavy atom. The van der Waals surface area contributed by atoms with Crippen molar-refractivity contribution in [2.45, 2.75) is 24.4 Å². The van der Waals surface area contributed by atoms with Gasteiger partial charge in [-0.1, -0.05) is 54.2 Å². The molecule has 1 aliphatic heterocycles. The summed E-state index contributed by atoms with van der Waals surface area (Å²) >= 11 is 1.43. The number of carbonyl (C=O) groups excluding carboxylic acids is 1. The fourth-order valence-corrected chi connectivity index (χ4v) is 4.39. The van der Waals surface area contributed by atoms with Crippen molar-refractivity contribution in [2.24, 2.45) is 0 Å². The van der Waals surface area contributed by atoms with Gasteiger partial charge in [-0.15, -0.1) is 10.2 Å². The van der Waals surface area contributed by atoms with Crippen molar-refractivity contribution >= 4 is 17.7 Å². The van der Waals surface area contributed by atoms with Crippen LogP contribution in [0.15, 0.2) is 59.8 Å². The molecule has 1 saturated heterocycles. The van der Waals surface area contributed by atoms with Crippen LogP contribution < -0.4 is 4.74 Å². The smallest absolute Gasteiger partial charge is 0.233 e. The van der Waals surface area contributed by atoms with Crippen LogP contribution in [0.1, 0.15) is 24.2 Å². The first kappa shape index (κ1) is 19.5. The van der Waals surface area contributed by atoms with Gasteiger partial charge in [-0.25, -0.2) is 0 Å². The predicted molar refractivity (Wildman–Crippen MR) is 114 cm³/mol. The van der Waals surface area contributed by atoms with Gasteiger partial charge in [0.05, 0.1) is 18.6 Å². The summed E-state index contributed by atoms with van der Waals surface area (Å²) in [5.41, 5.74) is 2.03. The number of amides is 1. The van der Waals surface area contributed by atoms with Crippen molar-refractivity contribution in [2.75, 3.05) is 26.0 Å². The van der Waals surface area contributed by atoms with Crippen LogP contribution in [0.2, 0.25) is 0 Å². The molecule has 0 spiro atoms. The van der Waals surface area contributed by atoms with E-state index in [2.05, 4.69) is 22.3 Å². The van der Waals surface area contributed by atoms with Crippen LogP contribution >= 0.6 is 11.8 Å². The quantitative estimate of drug-likeness (QED) is 0.559. The molecule has 0 N–H and O–H groups in total. The van der Waals surface area contributed by atoms with Crippen molar-refractivity contribution in [3.63, 3.8) is 0 Å². The number of rotatable bonds is 7. The Kier molecular flexibility index (Phi) is 6.14. The van der Waals surface area contributed by atoms with Gasteiger partial charge in [0.25, 0.3) is 0 Å². The number of carbonyl (C=O) groups is 1. The van der Waals surface area contributed by atoms with Crippen LogP contribution in [0.4, 0.5) is 0 Å². The predicted octanol–water partition coefficient (Wildman–Crippen LogP) is 3.58. The first-order chi connectivity index (χ1) is 14.3. The standard InChI is InChI=1S/C22H24N4O2S/c1-28-19-12-6-5-11-18(19)26-20(15-17-9-3-2-4-10-17)23-24-22(26)29-16-21(27)25-13-7-8-14-25/h2-6,9-12H,7-8,13-16H2,1H3. The number of thioether (sulfide) groups is 1. The molecule has 0 aliphatic carbocycles. The fraction of sp³-hybridized carbons (Fsp3) is 0.318. The Balaban J connectivity index is 1.64. The Hall–Kier alpha value is -2.80. The molecule has 7 heteroatoms. The topological polar surface area (TPSA) is 60.2 Å². The van der Waals surface area contributed by atoms with E-state index >= 15 is 0 Å². The lowest BCUT2D eigenvalue weighted by atomic mass is 10.1. The summed E-state index contributed by atoms with van der Waals surface area (Å²) in [7, 11) is 1.66. The lowest BCUT2D eigenvalue weighted by Gasteiger charge is -2.16. The zero-order chi connectivity index (χ0) is 20.1. The summed E-state index contributed by atoms with van der Waals surface area (Å²) in [5.74, 6) is 2.08. The molecule has 0 bridgehead atoms. The number of likely N-dealkylation sites (tertiary alicyclic amines) is 1. The van der Waals surface area contributed by atoms with E-state index in [1.165, 1.54) is 11.8 Å². The summed E-state index contributed by atoms with van der Waals surface area (Å²) < 4.78 is 7.58. The lowest BCUT2D eigenvalue weighted by molar-refractivity contribution is -0.127. The van der Waals surface area contributed by atoms with E-state index in [1.807, 2.05) is 51.9 Å². The van der Waals surface area contributed by atoms with Crippen molar-refractivity contribution in [3.05, 3.63) is 66.0 Å². The molecule has 0 unspecified atom stereocenters. The van der Waals surface area contributed by atoms with Crippen LogP contribution in [-0.2, 0) is 11.2 Å². The third-order valence-corrected chi connectivity index (χ3v) is 5.93. The highest BCUT2D eigenvalue weighted by atomic mass is 32.2. The molecule has 1 aromatic heterocycles. The summed E-state index contributed by atoms with van der Waals surface area (Å²) in [4.78, 5) is 14.4. The molecular weight excluding hydrogens is 384 g/mol. The molecule has 3 aromatic rings. The monoisotopic (exact) mass is 408 g/mol. The van der Waals surface area contributed by atoms with E-state index in [-0.39, 0.29) is 5.91 Å². The molecule has 0 saturated carbocycles. The van der Waals surface area contributed by atoms with Gasteiger partial charge in [0.15, 0.2) is 5.16 Å². The molecule has 150 valence electrons. The first-order valence-electron chi connectivity index (χ1n) is 9.78. The maximum atomic E-state index is 12.5. The maximum Gasteiger partial charge on any atom is 0.233 e. The maximum absolute atomic E-state index is 12.5. The number of hydrogen-bond acceptors (Lipinski definition) is 5. The van der Waals surface area contributed by atoms with Gasteiger partial charge < -0.3 is 9.64 Å². The molecule has 1 aliphatic rings. The zero-order valence-electron chi connectivity index (χ0n) is 16.5.